The van der Waals surface area contributed by atoms with Gasteiger partial charge in [-0.1, -0.05) is 72.8 Å². The first-order chi connectivity index (χ1) is 17.4. The number of hydrogen-bond acceptors (Lipinski definition) is 6. The third-order valence-electron chi connectivity index (χ3n) is 5.50. The maximum atomic E-state index is 13.4. The Kier molecular flexibility index (Phi) is 10.5. The zero-order valence-electron chi connectivity index (χ0n) is 20.2. The molecule has 3 aromatic rings. The lowest BCUT2D eigenvalue weighted by Gasteiger charge is -2.25. The van der Waals surface area contributed by atoms with E-state index >= 15 is 0 Å². The normalized spacial score (nSPS) is 14.3. The summed E-state index contributed by atoms with van der Waals surface area (Å²) in [5, 5.41) is 12.8. The zero-order chi connectivity index (χ0) is 25.8. The molecule has 3 unspecified atom stereocenters. The van der Waals surface area contributed by atoms with Crippen LogP contribution in [0.1, 0.15) is 29.5 Å². The zero-order valence-corrected chi connectivity index (χ0v) is 21.1. The van der Waals surface area contributed by atoms with Crippen molar-refractivity contribution < 1.29 is 33.6 Å². The fraction of sp³-hybridized carbons (Fsp3) is 0.296. The van der Waals surface area contributed by atoms with Crippen molar-refractivity contribution in [2.45, 2.75) is 44.3 Å². The average molecular weight is 514 g/mol. The van der Waals surface area contributed by atoms with Gasteiger partial charge in [0, 0.05) is 6.42 Å². The molecular weight excluding hydrogens is 481 g/mol. The largest absolute Gasteiger partial charge is 0.497 e. The fourth-order valence-corrected chi connectivity index (χ4v) is 5.37. The molecule has 0 saturated carbocycles. The molecule has 0 bridgehead atoms. The second-order valence-electron chi connectivity index (χ2n) is 8.32. The Bertz CT molecular complexity index is 1130. The van der Waals surface area contributed by atoms with E-state index in [1.54, 1.807) is 24.3 Å². The fourth-order valence-electron chi connectivity index (χ4n) is 3.57. The van der Waals surface area contributed by atoms with Crippen LogP contribution in [0.3, 0.4) is 0 Å². The smallest absolute Gasteiger partial charge is 0.408 e. The minimum atomic E-state index is -3.97. The SMILES string of the molecule is COc1cccc(CP(=O)(O)C(CCC(O)OCc2ccccc2)NC(=O)OCc2ccccc2)c1. The molecule has 36 heavy (non-hydrogen) atoms. The summed E-state index contributed by atoms with van der Waals surface area (Å²) in [5.41, 5.74) is 2.27. The van der Waals surface area contributed by atoms with Crippen LogP contribution >= 0.6 is 7.37 Å². The summed E-state index contributed by atoms with van der Waals surface area (Å²) >= 11 is 0. The molecule has 8 nitrogen and oxygen atoms in total. The van der Waals surface area contributed by atoms with Gasteiger partial charge in [-0.05, 0) is 35.2 Å². The molecule has 3 aromatic carbocycles. The van der Waals surface area contributed by atoms with Crippen LogP contribution in [0, 0.1) is 0 Å². The Balaban J connectivity index is 1.64. The highest BCUT2D eigenvalue weighted by molar-refractivity contribution is 7.57. The number of ether oxygens (including phenoxy) is 3. The molecule has 0 spiro atoms. The van der Waals surface area contributed by atoms with Crippen LogP contribution in [-0.2, 0) is 33.4 Å². The van der Waals surface area contributed by atoms with E-state index in [1.807, 2.05) is 60.7 Å². The standard InChI is InChI=1S/C27H32NO7P/c1-33-24-14-8-13-23(17-24)20-36(31,32)25(28-27(30)35-19-22-11-6-3-7-12-22)15-16-26(29)34-18-21-9-4-2-5-10-21/h2-14,17,25-26,29H,15-16,18-20H2,1H3,(H,28,30)(H,31,32). The highest BCUT2D eigenvalue weighted by atomic mass is 31.2. The molecule has 3 N–H and O–H groups in total. The first kappa shape index (κ1) is 27.4. The van der Waals surface area contributed by atoms with E-state index in [9.17, 15) is 19.4 Å². The second-order valence-corrected chi connectivity index (χ2v) is 10.8. The molecule has 0 aliphatic heterocycles. The second kappa shape index (κ2) is 13.8. The Morgan fingerprint density at radius 3 is 2.14 bits per heavy atom. The van der Waals surface area contributed by atoms with Crippen LogP contribution < -0.4 is 10.1 Å². The van der Waals surface area contributed by atoms with Crippen LogP contribution in [0.15, 0.2) is 84.9 Å². The minimum absolute atomic E-state index is 0.00808. The van der Waals surface area contributed by atoms with E-state index < -0.39 is 25.5 Å². The number of hydrogen-bond donors (Lipinski definition) is 3. The first-order valence-electron chi connectivity index (χ1n) is 11.6. The summed E-state index contributed by atoms with van der Waals surface area (Å²) in [7, 11) is -2.46. The quantitative estimate of drug-likeness (QED) is 0.217. The topological polar surface area (TPSA) is 114 Å². The van der Waals surface area contributed by atoms with Crippen molar-refractivity contribution in [2.24, 2.45) is 0 Å². The van der Waals surface area contributed by atoms with Crippen LogP contribution in [0.4, 0.5) is 4.79 Å². The van der Waals surface area contributed by atoms with Gasteiger partial charge in [0.2, 0.25) is 7.37 Å². The van der Waals surface area contributed by atoms with Gasteiger partial charge in [0.1, 0.15) is 18.1 Å². The molecular formula is C27H32NO7P. The molecule has 0 radical (unpaired) electrons. The summed E-state index contributed by atoms with van der Waals surface area (Å²) in [6.07, 6.45) is -2.13. The van der Waals surface area contributed by atoms with E-state index in [-0.39, 0.29) is 32.2 Å². The summed E-state index contributed by atoms with van der Waals surface area (Å²) in [5.74, 6) is -0.592. The van der Waals surface area contributed by atoms with Gasteiger partial charge in [-0.2, -0.15) is 0 Å². The van der Waals surface area contributed by atoms with Crippen molar-refractivity contribution in [3.63, 3.8) is 0 Å². The number of benzene rings is 3. The molecule has 9 heteroatoms. The third kappa shape index (κ3) is 9.13. The van der Waals surface area contributed by atoms with Crippen LogP contribution in [-0.4, -0.2) is 35.3 Å². The number of carbonyl (C=O) groups excluding carboxylic acids is 1. The van der Waals surface area contributed by atoms with E-state index in [1.165, 1.54) is 7.11 Å². The predicted molar refractivity (Wildman–Crippen MR) is 137 cm³/mol. The van der Waals surface area contributed by atoms with Gasteiger partial charge >= 0.3 is 6.09 Å². The number of aliphatic hydroxyl groups is 1. The highest BCUT2D eigenvalue weighted by Crippen LogP contribution is 2.50. The van der Waals surface area contributed by atoms with Crippen molar-refractivity contribution in [3.05, 3.63) is 102 Å². The van der Waals surface area contributed by atoms with Gasteiger partial charge in [0.05, 0.1) is 19.9 Å². The monoisotopic (exact) mass is 513 g/mol. The van der Waals surface area contributed by atoms with Crippen molar-refractivity contribution in [1.82, 2.24) is 5.32 Å². The number of rotatable bonds is 13. The van der Waals surface area contributed by atoms with Crippen molar-refractivity contribution >= 4 is 13.5 Å². The minimum Gasteiger partial charge on any atom is -0.497 e. The van der Waals surface area contributed by atoms with E-state index in [4.69, 9.17) is 14.2 Å². The highest BCUT2D eigenvalue weighted by Gasteiger charge is 2.33. The molecule has 3 atom stereocenters. The number of carbonyl (C=O) groups is 1. The maximum absolute atomic E-state index is 13.4. The molecule has 0 aliphatic carbocycles. The number of amides is 1. The average Bonchev–Trinajstić information content (AvgIpc) is 2.89. The van der Waals surface area contributed by atoms with Crippen molar-refractivity contribution in [1.29, 1.82) is 0 Å². The van der Waals surface area contributed by atoms with Crippen LogP contribution in [0.5, 0.6) is 5.75 Å². The van der Waals surface area contributed by atoms with Gasteiger partial charge in [0.25, 0.3) is 0 Å². The molecule has 0 fully saturated rings. The molecule has 0 heterocycles. The van der Waals surface area contributed by atoms with E-state index in [2.05, 4.69) is 5.32 Å². The van der Waals surface area contributed by atoms with Crippen molar-refractivity contribution in [2.75, 3.05) is 7.11 Å². The lowest BCUT2D eigenvalue weighted by molar-refractivity contribution is -0.112. The Labute approximate surface area is 211 Å². The summed E-state index contributed by atoms with van der Waals surface area (Å²) in [6.45, 7) is 0.216. The van der Waals surface area contributed by atoms with Crippen molar-refractivity contribution in [3.8, 4) is 5.75 Å². The summed E-state index contributed by atoms with van der Waals surface area (Å²) in [6, 6.07) is 25.3. The summed E-state index contributed by atoms with van der Waals surface area (Å²) < 4.78 is 29.3. The number of methoxy groups -OCH3 is 1. The lowest BCUT2D eigenvalue weighted by Crippen LogP contribution is -2.36. The lowest BCUT2D eigenvalue weighted by atomic mass is 10.2. The van der Waals surface area contributed by atoms with Crippen LogP contribution in [0.25, 0.3) is 0 Å². The molecule has 0 aromatic heterocycles. The van der Waals surface area contributed by atoms with E-state index in [0.29, 0.717) is 11.3 Å². The third-order valence-corrected chi connectivity index (χ3v) is 7.68. The molecule has 0 aliphatic rings. The molecule has 0 saturated heterocycles. The molecule has 3 rings (SSSR count). The first-order valence-corrected chi connectivity index (χ1v) is 13.5. The van der Waals surface area contributed by atoms with Crippen LogP contribution in [0.2, 0.25) is 0 Å². The Hall–Kier alpha value is -3.16. The van der Waals surface area contributed by atoms with E-state index in [0.717, 1.165) is 11.1 Å². The van der Waals surface area contributed by atoms with Gasteiger partial charge in [0.15, 0.2) is 6.29 Å². The number of alkyl carbamates (subject to hydrolysis) is 1. The predicted octanol–water partition coefficient (Wildman–Crippen LogP) is 5.03. The Morgan fingerprint density at radius 1 is 0.889 bits per heavy atom. The maximum Gasteiger partial charge on any atom is 0.408 e. The summed E-state index contributed by atoms with van der Waals surface area (Å²) in [4.78, 5) is 23.5. The van der Waals surface area contributed by atoms with Gasteiger partial charge in [-0.15, -0.1) is 0 Å². The number of nitrogens with one attached hydrogen (secondary N) is 1. The Morgan fingerprint density at radius 2 is 1.50 bits per heavy atom. The molecule has 192 valence electrons. The molecule has 1 amide bonds. The van der Waals surface area contributed by atoms with Gasteiger partial charge in [-0.3, -0.25) is 4.57 Å². The number of aliphatic hydroxyl groups excluding tert-OH is 1. The van der Waals surface area contributed by atoms with Gasteiger partial charge in [-0.25, -0.2) is 4.79 Å². The van der Waals surface area contributed by atoms with Gasteiger partial charge < -0.3 is 29.5 Å².